The minimum Gasteiger partial charge on any atom is -0.454 e. The normalized spacial score (nSPS) is 14.2. The molecule has 0 atom stereocenters. The molecule has 0 saturated heterocycles. The molecule has 1 saturated carbocycles. The molecule has 4 heteroatoms. The van der Waals surface area contributed by atoms with E-state index in [0.29, 0.717) is 16.3 Å². The molecule has 2 nitrogen and oxygen atoms in total. The van der Waals surface area contributed by atoms with Crippen LogP contribution in [-0.2, 0) is 6.54 Å². The van der Waals surface area contributed by atoms with Crippen molar-refractivity contribution >= 4 is 15.9 Å². The third kappa shape index (κ3) is 3.83. The summed E-state index contributed by atoms with van der Waals surface area (Å²) in [5, 5.41) is 3.47. The van der Waals surface area contributed by atoms with Gasteiger partial charge in [0.1, 0.15) is 5.75 Å². The van der Waals surface area contributed by atoms with E-state index in [2.05, 4.69) is 27.3 Å². The summed E-state index contributed by atoms with van der Waals surface area (Å²) in [6.45, 7) is 2.79. The molecule has 0 aromatic heterocycles. The monoisotopic (exact) mass is 349 g/mol. The molecule has 1 fully saturated rings. The van der Waals surface area contributed by atoms with Crippen LogP contribution < -0.4 is 10.1 Å². The molecule has 2 aromatic carbocycles. The van der Waals surface area contributed by atoms with E-state index in [1.165, 1.54) is 18.9 Å². The van der Waals surface area contributed by atoms with Crippen LogP contribution in [0.3, 0.4) is 0 Å². The highest BCUT2D eigenvalue weighted by Gasteiger charge is 2.20. The molecule has 0 bridgehead atoms. The van der Waals surface area contributed by atoms with Crippen LogP contribution >= 0.6 is 15.9 Å². The maximum absolute atomic E-state index is 13.9. The van der Waals surface area contributed by atoms with Crippen molar-refractivity contribution in [2.24, 2.45) is 0 Å². The standard InChI is InChI=1S/C17H17BrFNO/c1-11-2-3-12(10-20-14-5-6-14)8-17(11)21-16-7-4-13(18)9-15(16)19/h2-4,7-9,14,20H,5-6,10H2,1H3. The lowest BCUT2D eigenvalue weighted by atomic mass is 10.1. The first-order chi connectivity index (χ1) is 10.1. The van der Waals surface area contributed by atoms with Gasteiger partial charge in [-0.15, -0.1) is 0 Å². The summed E-state index contributed by atoms with van der Waals surface area (Å²) in [4.78, 5) is 0. The highest BCUT2D eigenvalue weighted by molar-refractivity contribution is 9.10. The second-order valence-electron chi connectivity index (χ2n) is 5.43. The number of rotatable bonds is 5. The summed E-state index contributed by atoms with van der Waals surface area (Å²) in [6.07, 6.45) is 2.53. The van der Waals surface area contributed by atoms with Gasteiger partial charge >= 0.3 is 0 Å². The molecular formula is C17H17BrFNO. The number of benzene rings is 2. The van der Waals surface area contributed by atoms with Gasteiger partial charge in [-0.2, -0.15) is 0 Å². The van der Waals surface area contributed by atoms with E-state index in [1.807, 2.05) is 19.1 Å². The lowest BCUT2D eigenvalue weighted by molar-refractivity contribution is 0.438. The highest BCUT2D eigenvalue weighted by atomic mass is 79.9. The van der Waals surface area contributed by atoms with Gasteiger partial charge in [0.2, 0.25) is 0 Å². The van der Waals surface area contributed by atoms with Gasteiger partial charge in [-0.05, 0) is 55.2 Å². The summed E-state index contributed by atoms with van der Waals surface area (Å²) in [7, 11) is 0. The van der Waals surface area contributed by atoms with E-state index in [9.17, 15) is 4.39 Å². The molecule has 1 N–H and O–H groups in total. The van der Waals surface area contributed by atoms with E-state index in [1.54, 1.807) is 12.1 Å². The van der Waals surface area contributed by atoms with Crippen LogP contribution in [0.25, 0.3) is 0 Å². The minimum absolute atomic E-state index is 0.244. The summed E-state index contributed by atoms with van der Waals surface area (Å²) < 4.78 is 20.3. The number of hydrogen-bond acceptors (Lipinski definition) is 2. The Morgan fingerprint density at radius 3 is 2.71 bits per heavy atom. The molecule has 1 aliphatic carbocycles. The molecule has 2 aromatic rings. The number of halogens is 2. The van der Waals surface area contributed by atoms with Crippen molar-refractivity contribution in [3.63, 3.8) is 0 Å². The lowest BCUT2D eigenvalue weighted by Crippen LogP contribution is -2.15. The van der Waals surface area contributed by atoms with Gasteiger partial charge in [0.25, 0.3) is 0 Å². The van der Waals surface area contributed by atoms with Crippen molar-refractivity contribution in [2.45, 2.75) is 32.4 Å². The first kappa shape index (κ1) is 14.5. The molecule has 3 rings (SSSR count). The van der Waals surface area contributed by atoms with E-state index >= 15 is 0 Å². The summed E-state index contributed by atoms with van der Waals surface area (Å²) in [6, 6.07) is 11.5. The lowest BCUT2D eigenvalue weighted by Gasteiger charge is -2.12. The largest absolute Gasteiger partial charge is 0.454 e. The fourth-order valence-corrected chi connectivity index (χ4v) is 2.42. The number of nitrogens with one attached hydrogen (secondary N) is 1. The zero-order valence-corrected chi connectivity index (χ0v) is 13.4. The molecule has 0 unspecified atom stereocenters. The second kappa shape index (κ2) is 6.16. The zero-order valence-electron chi connectivity index (χ0n) is 11.8. The maximum Gasteiger partial charge on any atom is 0.166 e. The van der Waals surface area contributed by atoms with E-state index in [4.69, 9.17) is 4.74 Å². The van der Waals surface area contributed by atoms with Crippen molar-refractivity contribution in [1.82, 2.24) is 5.32 Å². The third-order valence-corrected chi connectivity index (χ3v) is 4.03. The first-order valence-corrected chi connectivity index (χ1v) is 7.87. The Balaban J connectivity index is 1.77. The van der Waals surface area contributed by atoms with Crippen LogP contribution in [0.1, 0.15) is 24.0 Å². The predicted molar refractivity (Wildman–Crippen MR) is 85.2 cm³/mol. The quantitative estimate of drug-likeness (QED) is 0.825. The molecule has 0 radical (unpaired) electrons. The van der Waals surface area contributed by atoms with Crippen molar-refractivity contribution in [1.29, 1.82) is 0 Å². The average molecular weight is 350 g/mol. The molecule has 0 aliphatic heterocycles. The van der Waals surface area contributed by atoms with Crippen LogP contribution in [0.5, 0.6) is 11.5 Å². The summed E-state index contributed by atoms with van der Waals surface area (Å²) in [5.41, 5.74) is 2.15. The minimum atomic E-state index is -0.370. The number of aryl methyl sites for hydroxylation is 1. The van der Waals surface area contributed by atoms with Crippen LogP contribution in [0, 0.1) is 12.7 Å². The predicted octanol–water partition coefficient (Wildman–Crippen LogP) is 4.94. The average Bonchev–Trinajstić information content (AvgIpc) is 3.27. The Morgan fingerprint density at radius 2 is 2.00 bits per heavy atom. The van der Waals surface area contributed by atoms with Gasteiger partial charge in [-0.25, -0.2) is 4.39 Å². The van der Waals surface area contributed by atoms with Crippen molar-refractivity contribution < 1.29 is 9.13 Å². The molecule has 0 spiro atoms. The van der Waals surface area contributed by atoms with Crippen molar-refractivity contribution in [2.75, 3.05) is 0 Å². The summed E-state index contributed by atoms with van der Waals surface area (Å²) >= 11 is 3.24. The molecular weight excluding hydrogens is 333 g/mol. The molecule has 0 heterocycles. The Morgan fingerprint density at radius 1 is 1.19 bits per heavy atom. The zero-order chi connectivity index (χ0) is 14.8. The van der Waals surface area contributed by atoms with Crippen LogP contribution in [0.15, 0.2) is 40.9 Å². The van der Waals surface area contributed by atoms with E-state index in [0.717, 1.165) is 17.7 Å². The van der Waals surface area contributed by atoms with Crippen LogP contribution in [0.2, 0.25) is 0 Å². The van der Waals surface area contributed by atoms with Gasteiger partial charge in [0.15, 0.2) is 11.6 Å². The number of ether oxygens (including phenoxy) is 1. The van der Waals surface area contributed by atoms with Crippen molar-refractivity contribution in [3.8, 4) is 11.5 Å². The molecule has 1 aliphatic rings. The van der Waals surface area contributed by atoms with E-state index in [-0.39, 0.29) is 11.6 Å². The Kier molecular flexibility index (Phi) is 4.27. The summed E-state index contributed by atoms with van der Waals surface area (Å²) in [5.74, 6) is 0.574. The number of hydrogen-bond donors (Lipinski definition) is 1. The fraction of sp³-hybridized carbons (Fsp3) is 0.294. The van der Waals surface area contributed by atoms with E-state index < -0.39 is 0 Å². The Labute approximate surface area is 132 Å². The van der Waals surface area contributed by atoms with Gasteiger partial charge in [-0.1, -0.05) is 28.1 Å². The van der Waals surface area contributed by atoms with Gasteiger partial charge in [0, 0.05) is 17.1 Å². The van der Waals surface area contributed by atoms with Gasteiger partial charge in [-0.3, -0.25) is 0 Å². The molecule has 0 amide bonds. The van der Waals surface area contributed by atoms with Gasteiger partial charge < -0.3 is 10.1 Å². The van der Waals surface area contributed by atoms with Crippen LogP contribution in [-0.4, -0.2) is 6.04 Å². The van der Waals surface area contributed by atoms with Crippen molar-refractivity contribution in [3.05, 3.63) is 57.8 Å². The fourth-order valence-electron chi connectivity index (χ4n) is 2.09. The molecule has 21 heavy (non-hydrogen) atoms. The molecule has 110 valence electrons. The first-order valence-electron chi connectivity index (χ1n) is 7.07. The highest BCUT2D eigenvalue weighted by Crippen LogP contribution is 2.30. The smallest absolute Gasteiger partial charge is 0.166 e. The Hall–Kier alpha value is -1.39. The van der Waals surface area contributed by atoms with Crippen LogP contribution in [0.4, 0.5) is 4.39 Å². The third-order valence-electron chi connectivity index (χ3n) is 3.54. The topological polar surface area (TPSA) is 21.3 Å². The maximum atomic E-state index is 13.9. The SMILES string of the molecule is Cc1ccc(CNC2CC2)cc1Oc1ccc(Br)cc1F. The second-order valence-corrected chi connectivity index (χ2v) is 6.35. The van der Waals surface area contributed by atoms with Gasteiger partial charge in [0.05, 0.1) is 0 Å². The Bertz CT molecular complexity index is 655.